The molecule has 0 saturated heterocycles. The summed E-state index contributed by atoms with van der Waals surface area (Å²) in [5.74, 6) is 0. The molecule has 1 heterocycles. The van der Waals surface area contributed by atoms with Crippen LogP contribution >= 0.6 is 0 Å². The summed E-state index contributed by atoms with van der Waals surface area (Å²) < 4.78 is 1.88. The molecular weight excluding hydrogens is 164 g/mol. The third kappa shape index (κ3) is 1.75. The third-order valence-electron chi connectivity index (χ3n) is 2.37. The van der Waals surface area contributed by atoms with Crippen molar-refractivity contribution in [1.82, 2.24) is 9.78 Å². The van der Waals surface area contributed by atoms with Crippen molar-refractivity contribution in [2.75, 3.05) is 0 Å². The molecule has 0 aliphatic heterocycles. The SMILES string of the molecule is CCc1nn(C)c(CC)c1C(C)O. The van der Waals surface area contributed by atoms with E-state index in [1.165, 1.54) is 0 Å². The molecule has 0 bridgehead atoms. The fraction of sp³-hybridized carbons (Fsp3) is 0.700. The molecule has 1 atom stereocenters. The lowest BCUT2D eigenvalue weighted by molar-refractivity contribution is 0.197. The van der Waals surface area contributed by atoms with Crippen LogP contribution in [0, 0.1) is 0 Å². The van der Waals surface area contributed by atoms with Gasteiger partial charge in [0.1, 0.15) is 0 Å². The van der Waals surface area contributed by atoms with Crippen molar-refractivity contribution < 1.29 is 5.11 Å². The van der Waals surface area contributed by atoms with Gasteiger partial charge in [-0.1, -0.05) is 13.8 Å². The second-order valence-electron chi connectivity index (χ2n) is 3.31. The van der Waals surface area contributed by atoms with E-state index in [0.29, 0.717) is 0 Å². The number of hydrogen-bond acceptors (Lipinski definition) is 2. The molecule has 0 aromatic carbocycles. The molecule has 0 saturated carbocycles. The minimum atomic E-state index is -0.404. The van der Waals surface area contributed by atoms with Crippen LogP contribution in [-0.4, -0.2) is 14.9 Å². The van der Waals surface area contributed by atoms with Gasteiger partial charge in [-0.3, -0.25) is 4.68 Å². The highest BCUT2D eigenvalue weighted by atomic mass is 16.3. The number of hydrogen-bond donors (Lipinski definition) is 1. The highest BCUT2D eigenvalue weighted by molar-refractivity contribution is 5.28. The predicted molar refractivity (Wildman–Crippen MR) is 52.6 cm³/mol. The molecule has 3 nitrogen and oxygen atoms in total. The van der Waals surface area contributed by atoms with Crippen LogP contribution in [0.3, 0.4) is 0 Å². The van der Waals surface area contributed by atoms with Crippen molar-refractivity contribution in [1.29, 1.82) is 0 Å². The van der Waals surface area contributed by atoms with Gasteiger partial charge >= 0.3 is 0 Å². The third-order valence-corrected chi connectivity index (χ3v) is 2.37. The van der Waals surface area contributed by atoms with Crippen LogP contribution in [0.5, 0.6) is 0 Å². The smallest absolute Gasteiger partial charge is 0.0798 e. The van der Waals surface area contributed by atoms with Crippen molar-refractivity contribution in [3.8, 4) is 0 Å². The molecule has 13 heavy (non-hydrogen) atoms. The van der Waals surface area contributed by atoms with Gasteiger partial charge in [-0.2, -0.15) is 5.10 Å². The molecule has 1 unspecified atom stereocenters. The maximum Gasteiger partial charge on any atom is 0.0798 e. The Balaban J connectivity index is 3.24. The minimum Gasteiger partial charge on any atom is -0.389 e. The lowest BCUT2D eigenvalue weighted by Gasteiger charge is -2.06. The number of aliphatic hydroxyl groups excluding tert-OH is 1. The first kappa shape index (κ1) is 10.3. The predicted octanol–water partition coefficient (Wildman–Crippen LogP) is 1.60. The van der Waals surface area contributed by atoms with Gasteiger partial charge in [-0.05, 0) is 19.8 Å². The summed E-state index contributed by atoms with van der Waals surface area (Å²) in [6, 6.07) is 0. The van der Waals surface area contributed by atoms with E-state index in [1.807, 2.05) is 11.7 Å². The van der Waals surface area contributed by atoms with E-state index in [0.717, 1.165) is 29.8 Å². The highest BCUT2D eigenvalue weighted by Gasteiger charge is 2.16. The Kier molecular flexibility index (Phi) is 3.09. The van der Waals surface area contributed by atoms with Crippen LogP contribution in [-0.2, 0) is 19.9 Å². The topological polar surface area (TPSA) is 38.0 Å². The summed E-state index contributed by atoms with van der Waals surface area (Å²) in [5, 5.41) is 14.0. The Bertz CT molecular complexity index is 289. The monoisotopic (exact) mass is 182 g/mol. The number of aryl methyl sites for hydroxylation is 2. The fourth-order valence-corrected chi connectivity index (χ4v) is 1.80. The van der Waals surface area contributed by atoms with Crippen molar-refractivity contribution in [3.63, 3.8) is 0 Å². The van der Waals surface area contributed by atoms with E-state index in [1.54, 1.807) is 6.92 Å². The van der Waals surface area contributed by atoms with Gasteiger partial charge in [0.15, 0.2) is 0 Å². The molecule has 74 valence electrons. The quantitative estimate of drug-likeness (QED) is 0.771. The lowest BCUT2D eigenvalue weighted by atomic mass is 10.0. The Morgan fingerprint density at radius 3 is 2.38 bits per heavy atom. The van der Waals surface area contributed by atoms with Crippen LogP contribution in [0.15, 0.2) is 0 Å². The van der Waals surface area contributed by atoms with E-state index in [-0.39, 0.29) is 0 Å². The van der Waals surface area contributed by atoms with E-state index >= 15 is 0 Å². The largest absolute Gasteiger partial charge is 0.389 e. The summed E-state index contributed by atoms with van der Waals surface area (Å²) in [5.41, 5.74) is 3.19. The zero-order chi connectivity index (χ0) is 10.0. The number of rotatable bonds is 3. The standard InChI is InChI=1S/C10H18N2O/c1-5-8-10(7(3)13)9(6-2)12(4)11-8/h7,13H,5-6H2,1-4H3. The normalized spacial score (nSPS) is 13.3. The van der Waals surface area contributed by atoms with Gasteiger partial charge < -0.3 is 5.11 Å². The molecule has 0 amide bonds. The Hall–Kier alpha value is -0.830. The Morgan fingerprint density at radius 1 is 1.38 bits per heavy atom. The van der Waals surface area contributed by atoms with Gasteiger partial charge in [-0.25, -0.2) is 0 Å². The maximum absolute atomic E-state index is 9.61. The van der Waals surface area contributed by atoms with Crippen LogP contribution in [0.1, 0.15) is 43.8 Å². The van der Waals surface area contributed by atoms with Crippen molar-refractivity contribution in [2.24, 2.45) is 7.05 Å². The van der Waals surface area contributed by atoms with Crippen LogP contribution in [0.25, 0.3) is 0 Å². The van der Waals surface area contributed by atoms with Gasteiger partial charge in [0.2, 0.25) is 0 Å². The van der Waals surface area contributed by atoms with E-state index < -0.39 is 6.10 Å². The highest BCUT2D eigenvalue weighted by Crippen LogP contribution is 2.22. The van der Waals surface area contributed by atoms with Gasteiger partial charge in [0.05, 0.1) is 11.8 Å². The average molecular weight is 182 g/mol. The molecular formula is C10H18N2O. The molecule has 1 rings (SSSR count). The molecule has 3 heteroatoms. The maximum atomic E-state index is 9.61. The van der Waals surface area contributed by atoms with Crippen LogP contribution in [0.4, 0.5) is 0 Å². The van der Waals surface area contributed by atoms with Crippen LogP contribution in [0.2, 0.25) is 0 Å². The molecule has 0 spiro atoms. The summed E-state index contributed by atoms with van der Waals surface area (Å²) in [4.78, 5) is 0. The molecule has 0 fully saturated rings. The van der Waals surface area contributed by atoms with Gasteiger partial charge in [0.25, 0.3) is 0 Å². The molecule has 0 aliphatic carbocycles. The minimum absolute atomic E-state index is 0.404. The van der Waals surface area contributed by atoms with E-state index in [2.05, 4.69) is 18.9 Å². The molecule has 1 aromatic rings. The number of aromatic nitrogens is 2. The number of nitrogens with zero attached hydrogens (tertiary/aromatic N) is 2. The summed E-state index contributed by atoms with van der Waals surface area (Å²) in [6.07, 6.45) is 1.40. The Labute approximate surface area is 79.4 Å². The summed E-state index contributed by atoms with van der Waals surface area (Å²) >= 11 is 0. The second kappa shape index (κ2) is 3.92. The van der Waals surface area contributed by atoms with Crippen molar-refractivity contribution >= 4 is 0 Å². The van der Waals surface area contributed by atoms with Gasteiger partial charge in [-0.15, -0.1) is 0 Å². The lowest BCUT2D eigenvalue weighted by Crippen LogP contribution is -2.01. The molecule has 1 aromatic heterocycles. The fourth-order valence-electron chi connectivity index (χ4n) is 1.80. The van der Waals surface area contributed by atoms with Crippen molar-refractivity contribution in [2.45, 2.75) is 39.7 Å². The number of aliphatic hydroxyl groups is 1. The summed E-state index contributed by atoms with van der Waals surface area (Å²) in [6.45, 7) is 5.95. The first-order valence-corrected chi connectivity index (χ1v) is 4.84. The first-order valence-electron chi connectivity index (χ1n) is 4.84. The zero-order valence-electron chi connectivity index (χ0n) is 8.83. The first-order chi connectivity index (χ1) is 6.11. The molecule has 0 radical (unpaired) electrons. The van der Waals surface area contributed by atoms with Crippen molar-refractivity contribution in [3.05, 3.63) is 17.0 Å². The van der Waals surface area contributed by atoms with Crippen LogP contribution < -0.4 is 0 Å². The Morgan fingerprint density at radius 2 is 2.00 bits per heavy atom. The molecule has 0 aliphatic rings. The van der Waals surface area contributed by atoms with E-state index in [4.69, 9.17) is 0 Å². The second-order valence-corrected chi connectivity index (χ2v) is 3.31. The zero-order valence-corrected chi connectivity index (χ0v) is 8.83. The average Bonchev–Trinajstić information content (AvgIpc) is 2.41. The summed E-state index contributed by atoms with van der Waals surface area (Å²) in [7, 11) is 1.93. The van der Waals surface area contributed by atoms with E-state index in [9.17, 15) is 5.11 Å². The molecule has 1 N–H and O–H groups in total. The van der Waals surface area contributed by atoms with Gasteiger partial charge in [0, 0.05) is 18.3 Å².